The fourth-order valence-corrected chi connectivity index (χ4v) is 3.58. The number of ether oxygens (including phenoxy) is 4. The van der Waals surface area contributed by atoms with Gasteiger partial charge in [0.2, 0.25) is 0 Å². The lowest BCUT2D eigenvalue weighted by molar-refractivity contribution is -0.145. The number of hydrazone groups is 1. The minimum absolute atomic E-state index is 0.239. The van der Waals surface area contributed by atoms with Crippen LogP contribution in [0.4, 0.5) is 0 Å². The molecule has 0 heterocycles. The molecule has 0 atom stereocenters. The topological polar surface area (TPSA) is 95.5 Å². The number of halogens is 1. The van der Waals surface area contributed by atoms with E-state index in [2.05, 4.69) is 26.5 Å². The molecule has 178 valence electrons. The van der Waals surface area contributed by atoms with Crippen LogP contribution in [0.5, 0.6) is 17.2 Å². The first-order chi connectivity index (χ1) is 16.5. The Balaban J connectivity index is 1.77. The van der Waals surface area contributed by atoms with Crippen molar-refractivity contribution in [2.24, 2.45) is 5.10 Å². The zero-order valence-electron chi connectivity index (χ0n) is 19.1. The number of esters is 1. The first kappa shape index (κ1) is 25.0. The van der Waals surface area contributed by atoms with E-state index < -0.39 is 11.9 Å². The molecule has 0 fully saturated rings. The highest BCUT2D eigenvalue weighted by Crippen LogP contribution is 2.33. The summed E-state index contributed by atoms with van der Waals surface area (Å²) >= 11 is 3.46. The molecule has 0 unspecified atom stereocenters. The summed E-state index contributed by atoms with van der Waals surface area (Å²) in [5.74, 6) is 0.380. The maximum absolute atomic E-state index is 12.8. The molecule has 0 bridgehead atoms. The third-order valence-corrected chi connectivity index (χ3v) is 5.38. The summed E-state index contributed by atoms with van der Waals surface area (Å²) in [4.78, 5) is 24.4. The molecule has 3 rings (SSSR count). The lowest BCUT2D eigenvalue weighted by atomic mass is 10.1. The van der Waals surface area contributed by atoms with Crippen molar-refractivity contribution in [3.8, 4) is 17.2 Å². The summed E-state index contributed by atoms with van der Waals surface area (Å²) in [6.07, 6.45) is 1.48. The van der Waals surface area contributed by atoms with E-state index in [1.165, 1.54) is 13.3 Å². The largest absolute Gasteiger partial charge is 0.496 e. The van der Waals surface area contributed by atoms with Gasteiger partial charge in [0.05, 0.1) is 32.1 Å². The van der Waals surface area contributed by atoms with E-state index in [1.54, 1.807) is 25.1 Å². The number of methoxy groups -OCH3 is 1. The smallest absolute Gasteiger partial charge is 0.344 e. The highest BCUT2D eigenvalue weighted by molar-refractivity contribution is 9.10. The summed E-state index contributed by atoms with van der Waals surface area (Å²) in [6.45, 7) is 3.99. The Labute approximate surface area is 206 Å². The van der Waals surface area contributed by atoms with Gasteiger partial charge in [0.25, 0.3) is 5.91 Å². The van der Waals surface area contributed by atoms with Gasteiger partial charge in [-0.15, -0.1) is 0 Å². The first-order valence-electron chi connectivity index (χ1n) is 10.6. The molecule has 3 aromatic carbocycles. The number of rotatable bonds is 10. The molecule has 0 aliphatic carbocycles. The zero-order chi connectivity index (χ0) is 24.5. The van der Waals surface area contributed by atoms with Crippen LogP contribution in [-0.2, 0) is 9.53 Å². The van der Waals surface area contributed by atoms with Gasteiger partial charge in [0.1, 0.15) is 5.75 Å². The van der Waals surface area contributed by atoms with Gasteiger partial charge in [-0.1, -0.05) is 24.3 Å². The van der Waals surface area contributed by atoms with E-state index in [0.29, 0.717) is 39.5 Å². The lowest BCUT2D eigenvalue weighted by Crippen LogP contribution is -2.18. The van der Waals surface area contributed by atoms with Crippen molar-refractivity contribution in [3.05, 3.63) is 64.1 Å². The highest BCUT2D eigenvalue weighted by atomic mass is 79.9. The summed E-state index contributed by atoms with van der Waals surface area (Å²) in [5.41, 5.74) is 3.54. The second-order valence-corrected chi connectivity index (χ2v) is 7.80. The molecule has 0 saturated carbocycles. The second kappa shape index (κ2) is 12.0. The van der Waals surface area contributed by atoms with Crippen molar-refractivity contribution in [1.29, 1.82) is 0 Å². The van der Waals surface area contributed by atoms with Crippen molar-refractivity contribution >= 4 is 44.8 Å². The normalized spacial score (nSPS) is 10.8. The van der Waals surface area contributed by atoms with Crippen molar-refractivity contribution in [3.63, 3.8) is 0 Å². The maximum atomic E-state index is 12.8. The fourth-order valence-electron chi connectivity index (χ4n) is 3.16. The third kappa shape index (κ3) is 6.26. The van der Waals surface area contributed by atoms with Crippen molar-refractivity contribution < 1.29 is 28.5 Å². The molecule has 1 amide bonds. The monoisotopic (exact) mass is 528 g/mol. The van der Waals surface area contributed by atoms with Crippen LogP contribution in [-0.4, -0.2) is 45.0 Å². The summed E-state index contributed by atoms with van der Waals surface area (Å²) < 4.78 is 22.1. The summed E-state index contributed by atoms with van der Waals surface area (Å²) in [5, 5.41) is 5.97. The van der Waals surface area contributed by atoms with Crippen molar-refractivity contribution in [2.45, 2.75) is 13.8 Å². The van der Waals surface area contributed by atoms with Crippen LogP contribution in [0.2, 0.25) is 0 Å². The van der Waals surface area contributed by atoms with Gasteiger partial charge < -0.3 is 18.9 Å². The predicted molar refractivity (Wildman–Crippen MR) is 133 cm³/mol. The van der Waals surface area contributed by atoms with E-state index in [4.69, 9.17) is 18.9 Å². The molecule has 34 heavy (non-hydrogen) atoms. The molecule has 0 aliphatic heterocycles. The van der Waals surface area contributed by atoms with Gasteiger partial charge in [0.15, 0.2) is 18.1 Å². The van der Waals surface area contributed by atoms with Gasteiger partial charge in [-0.25, -0.2) is 10.2 Å². The lowest BCUT2D eigenvalue weighted by Gasteiger charge is -2.13. The zero-order valence-corrected chi connectivity index (χ0v) is 20.7. The Morgan fingerprint density at radius 1 is 0.971 bits per heavy atom. The van der Waals surface area contributed by atoms with E-state index in [9.17, 15) is 9.59 Å². The molecule has 0 aliphatic rings. The Morgan fingerprint density at radius 2 is 1.68 bits per heavy atom. The number of fused-ring (bicyclic) bond motifs is 1. The Kier molecular flexibility index (Phi) is 8.86. The number of nitrogens with zero attached hydrogens (tertiary/aromatic N) is 1. The number of carbonyl (C=O) groups is 2. The molecule has 1 N–H and O–H groups in total. The number of benzene rings is 3. The molecule has 0 aromatic heterocycles. The van der Waals surface area contributed by atoms with Crippen LogP contribution < -0.4 is 19.6 Å². The molecule has 0 radical (unpaired) electrons. The van der Waals surface area contributed by atoms with Gasteiger partial charge in [-0.05, 0) is 64.8 Å². The summed E-state index contributed by atoms with van der Waals surface area (Å²) in [6, 6.07) is 14.6. The first-order valence-corrected chi connectivity index (χ1v) is 11.4. The number of hydrogen-bond donors (Lipinski definition) is 1. The molecule has 9 heteroatoms. The van der Waals surface area contributed by atoms with Gasteiger partial charge in [-0.2, -0.15) is 5.10 Å². The molecule has 0 saturated heterocycles. The number of carbonyl (C=O) groups excluding carboxylic acids is 2. The average molecular weight is 529 g/mol. The molecule has 3 aromatic rings. The third-order valence-electron chi connectivity index (χ3n) is 4.70. The fraction of sp³-hybridized carbons (Fsp3) is 0.240. The Bertz CT molecular complexity index is 1210. The van der Waals surface area contributed by atoms with E-state index in [0.717, 1.165) is 10.8 Å². The van der Waals surface area contributed by atoms with Crippen LogP contribution in [0.15, 0.2) is 58.1 Å². The van der Waals surface area contributed by atoms with Crippen molar-refractivity contribution in [2.75, 3.05) is 26.9 Å². The number of amides is 1. The quantitative estimate of drug-likeness (QED) is 0.232. The van der Waals surface area contributed by atoms with Crippen LogP contribution >= 0.6 is 15.9 Å². The van der Waals surface area contributed by atoms with Crippen LogP contribution in [0, 0.1) is 0 Å². The second-order valence-electron chi connectivity index (χ2n) is 6.95. The molecule has 0 spiro atoms. The van der Waals surface area contributed by atoms with E-state index >= 15 is 0 Å². The van der Waals surface area contributed by atoms with Gasteiger partial charge in [0, 0.05) is 10.0 Å². The summed E-state index contributed by atoms with van der Waals surface area (Å²) in [7, 11) is 1.52. The SMILES string of the molecule is CCOC(=O)COc1cc(Br)c(/C=N\NC(=O)c2cc3ccccc3cc2OC)cc1OCC. The standard InChI is InChI=1S/C25H25BrN2O6/c1-4-32-22-12-18(20(26)13-23(22)34-15-24(29)33-5-2)14-27-28-25(30)19-10-16-8-6-7-9-17(16)11-21(19)31-3/h6-14H,4-5,15H2,1-3H3,(H,28,30)/b27-14-. The van der Waals surface area contributed by atoms with Gasteiger partial charge >= 0.3 is 5.97 Å². The van der Waals surface area contributed by atoms with Crippen LogP contribution in [0.25, 0.3) is 10.8 Å². The Hall–Kier alpha value is -3.59. The minimum Gasteiger partial charge on any atom is -0.496 e. The average Bonchev–Trinajstić information content (AvgIpc) is 2.84. The molecular weight excluding hydrogens is 504 g/mol. The number of nitrogens with one attached hydrogen (secondary N) is 1. The minimum atomic E-state index is -0.474. The maximum Gasteiger partial charge on any atom is 0.344 e. The Morgan fingerprint density at radius 3 is 2.35 bits per heavy atom. The number of hydrogen-bond acceptors (Lipinski definition) is 7. The molecular formula is C25H25BrN2O6. The molecule has 8 nitrogen and oxygen atoms in total. The van der Waals surface area contributed by atoms with Crippen LogP contribution in [0.3, 0.4) is 0 Å². The van der Waals surface area contributed by atoms with E-state index in [-0.39, 0.29) is 13.2 Å². The van der Waals surface area contributed by atoms with Gasteiger partial charge in [-0.3, -0.25) is 4.79 Å². The predicted octanol–water partition coefficient (Wildman–Crippen LogP) is 4.72. The van der Waals surface area contributed by atoms with Crippen molar-refractivity contribution in [1.82, 2.24) is 5.43 Å². The van der Waals surface area contributed by atoms with Crippen LogP contribution in [0.1, 0.15) is 29.8 Å². The van der Waals surface area contributed by atoms with E-state index in [1.807, 2.05) is 37.3 Å². The highest BCUT2D eigenvalue weighted by Gasteiger charge is 2.15.